The Morgan fingerprint density at radius 3 is 2.71 bits per heavy atom. The molecule has 198 valence electrons. The van der Waals surface area contributed by atoms with Gasteiger partial charge in [0.1, 0.15) is 12.0 Å². The Morgan fingerprint density at radius 2 is 1.95 bits per heavy atom. The van der Waals surface area contributed by atoms with Gasteiger partial charge in [0, 0.05) is 47.0 Å². The maximum atomic E-state index is 13.1. The number of aliphatic hydroxyl groups excluding tert-OH is 1. The molecule has 38 heavy (non-hydrogen) atoms. The van der Waals surface area contributed by atoms with Gasteiger partial charge in [-0.15, -0.1) is 0 Å². The molecule has 1 unspecified atom stereocenters. The summed E-state index contributed by atoms with van der Waals surface area (Å²) in [4.78, 5) is 23.9. The highest BCUT2D eigenvalue weighted by atomic mass is 19.4. The van der Waals surface area contributed by atoms with Gasteiger partial charge in [-0.1, -0.05) is 6.07 Å². The zero-order chi connectivity index (χ0) is 26.8. The number of aliphatic hydroxyl groups is 1. The average molecular weight is 525 g/mol. The third kappa shape index (κ3) is 3.94. The second-order valence-corrected chi connectivity index (χ2v) is 10.2. The molecule has 1 aliphatic carbocycles. The van der Waals surface area contributed by atoms with Crippen LogP contribution in [0.5, 0.6) is 0 Å². The van der Waals surface area contributed by atoms with Crippen molar-refractivity contribution in [2.75, 3.05) is 30.0 Å². The van der Waals surface area contributed by atoms with Crippen LogP contribution in [-0.4, -0.2) is 47.0 Å². The number of hydrogen-bond donors (Lipinski definition) is 2. The highest BCUT2D eigenvalue weighted by Crippen LogP contribution is 2.61. The van der Waals surface area contributed by atoms with Gasteiger partial charge < -0.3 is 20.1 Å². The summed E-state index contributed by atoms with van der Waals surface area (Å²) >= 11 is 0. The first-order valence-electron chi connectivity index (χ1n) is 12.7. The zero-order valence-electron chi connectivity index (χ0n) is 20.9. The number of amides is 1. The van der Waals surface area contributed by atoms with Crippen LogP contribution in [0.25, 0.3) is 11.1 Å². The first kappa shape index (κ1) is 24.8. The van der Waals surface area contributed by atoms with Crippen molar-refractivity contribution in [3.63, 3.8) is 0 Å². The van der Waals surface area contributed by atoms with Gasteiger partial charge in [0.15, 0.2) is 0 Å². The number of carbonyl (C=O) groups excluding carboxylic acids is 1. The first-order chi connectivity index (χ1) is 18.2. The lowest BCUT2D eigenvalue weighted by atomic mass is 9.53. The van der Waals surface area contributed by atoms with Crippen molar-refractivity contribution in [1.82, 2.24) is 9.97 Å². The van der Waals surface area contributed by atoms with E-state index in [9.17, 15) is 23.1 Å². The van der Waals surface area contributed by atoms with Crippen molar-refractivity contribution in [3.05, 3.63) is 71.2 Å². The quantitative estimate of drug-likeness (QED) is 0.507. The van der Waals surface area contributed by atoms with Gasteiger partial charge in [-0.2, -0.15) is 13.2 Å². The van der Waals surface area contributed by atoms with E-state index in [1.165, 1.54) is 18.3 Å². The number of nitrogens with one attached hydrogen (secondary N) is 1. The number of hydrogen-bond acceptors (Lipinski definition) is 6. The molecule has 3 aromatic rings. The Hall–Kier alpha value is -3.50. The monoisotopic (exact) mass is 524 g/mol. The molecule has 4 heterocycles. The van der Waals surface area contributed by atoms with E-state index in [4.69, 9.17) is 9.72 Å². The first-order valence-corrected chi connectivity index (χ1v) is 12.7. The van der Waals surface area contributed by atoms with E-state index >= 15 is 0 Å². The lowest BCUT2D eigenvalue weighted by molar-refractivity contribution is -0.137. The molecule has 2 aliphatic heterocycles. The Kier molecular flexibility index (Phi) is 5.92. The minimum Gasteiger partial charge on any atom is -0.381 e. The van der Waals surface area contributed by atoms with Gasteiger partial charge in [0.25, 0.3) is 5.91 Å². The van der Waals surface area contributed by atoms with Crippen molar-refractivity contribution in [2.45, 2.75) is 32.2 Å². The lowest BCUT2D eigenvalue weighted by Gasteiger charge is -2.56. The van der Waals surface area contributed by atoms with Crippen LogP contribution in [0.2, 0.25) is 0 Å². The molecule has 6 rings (SSSR count). The summed E-state index contributed by atoms with van der Waals surface area (Å²) in [6, 6.07) is 8.14. The standard InChI is InChI=1S/C28H27F3N4O3/c1-3-35-25-20(23-21-12-38-13-22(21)24(23)27(35)37)8-16(10-33-25)19-9-18(11-32-14(19)2)34-26(36)15-5-4-6-17(7-15)28(29,30)31/h4-11,21-24,27,37H,3,12-13H2,1-2H3,(H,34,36)/t21-,22+,23+,24-,27?/m1/s1. The summed E-state index contributed by atoms with van der Waals surface area (Å²) in [6.45, 7) is 5.81. The van der Waals surface area contributed by atoms with Gasteiger partial charge >= 0.3 is 6.18 Å². The maximum absolute atomic E-state index is 13.1. The fourth-order valence-corrected chi connectivity index (χ4v) is 6.32. The van der Waals surface area contributed by atoms with Crippen LogP contribution in [0.3, 0.4) is 0 Å². The fraction of sp³-hybridized carbons (Fsp3) is 0.393. The minimum absolute atomic E-state index is 0.0873. The number of rotatable bonds is 4. The van der Waals surface area contributed by atoms with E-state index in [1.807, 2.05) is 18.7 Å². The summed E-state index contributed by atoms with van der Waals surface area (Å²) in [5, 5.41) is 13.7. The van der Waals surface area contributed by atoms with E-state index in [0.717, 1.165) is 40.3 Å². The molecular formula is C28H27F3N4O3. The summed E-state index contributed by atoms with van der Waals surface area (Å²) < 4.78 is 45.0. The molecular weight excluding hydrogens is 497 g/mol. The molecule has 1 aromatic carbocycles. The van der Waals surface area contributed by atoms with Crippen LogP contribution in [0.1, 0.15) is 40.0 Å². The normalized spacial score (nSPS) is 25.7. The number of alkyl halides is 3. The van der Waals surface area contributed by atoms with Crippen molar-refractivity contribution in [1.29, 1.82) is 0 Å². The highest BCUT2D eigenvalue weighted by molar-refractivity contribution is 6.04. The number of anilines is 2. The van der Waals surface area contributed by atoms with Crippen LogP contribution in [-0.2, 0) is 10.9 Å². The van der Waals surface area contributed by atoms with Crippen molar-refractivity contribution in [2.24, 2.45) is 17.8 Å². The number of aryl methyl sites for hydroxylation is 1. The lowest BCUT2D eigenvalue weighted by Crippen LogP contribution is -2.59. The molecule has 5 atom stereocenters. The Balaban J connectivity index is 1.32. The number of nitrogens with zero attached hydrogens (tertiary/aromatic N) is 3. The Labute approximate surface area is 217 Å². The molecule has 2 N–H and O–H groups in total. The van der Waals surface area contributed by atoms with Gasteiger partial charge in [-0.05, 0) is 61.6 Å². The Bertz CT molecular complexity index is 1410. The number of carbonyl (C=O) groups is 1. The summed E-state index contributed by atoms with van der Waals surface area (Å²) in [5.74, 6) is 1.04. The summed E-state index contributed by atoms with van der Waals surface area (Å²) in [5.41, 5.74) is 2.75. The largest absolute Gasteiger partial charge is 0.416 e. The van der Waals surface area contributed by atoms with Crippen molar-refractivity contribution < 1.29 is 27.8 Å². The van der Waals surface area contributed by atoms with Gasteiger partial charge in [-0.25, -0.2) is 4.98 Å². The number of halogens is 3. The molecule has 1 saturated carbocycles. The van der Waals surface area contributed by atoms with Crippen LogP contribution >= 0.6 is 0 Å². The zero-order valence-corrected chi connectivity index (χ0v) is 20.9. The molecule has 0 radical (unpaired) electrons. The topological polar surface area (TPSA) is 87.6 Å². The maximum Gasteiger partial charge on any atom is 0.416 e. The van der Waals surface area contributed by atoms with Crippen molar-refractivity contribution in [3.8, 4) is 11.1 Å². The number of benzene rings is 1. The van der Waals surface area contributed by atoms with Gasteiger partial charge in [0.05, 0.1) is 30.7 Å². The summed E-state index contributed by atoms with van der Waals surface area (Å²) in [7, 11) is 0. The molecule has 0 spiro atoms. The molecule has 10 heteroatoms. The average Bonchev–Trinajstić information content (AvgIpc) is 3.28. The second-order valence-electron chi connectivity index (χ2n) is 10.2. The van der Waals surface area contributed by atoms with Crippen molar-refractivity contribution >= 4 is 17.4 Å². The smallest absolute Gasteiger partial charge is 0.381 e. The second kappa shape index (κ2) is 9.06. The Morgan fingerprint density at radius 1 is 1.16 bits per heavy atom. The van der Waals surface area contributed by atoms with E-state index in [-0.39, 0.29) is 17.4 Å². The van der Waals surface area contributed by atoms with Gasteiger partial charge in [-0.3, -0.25) is 9.78 Å². The third-order valence-electron chi connectivity index (χ3n) is 8.18. The van der Waals surface area contributed by atoms with Crippen LogP contribution in [0.4, 0.5) is 24.7 Å². The van der Waals surface area contributed by atoms with E-state index < -0.39 is 23.9 Å². The predicted octanol–water partition coefficient (Wildman–Crippen LogP) is 4.86. The molecule has 0 bridgehead atoms. The molecule has 2 fully saturated rings. The molecule has 2 aromatic heterocycles. The minimum atomic E-state index is -4.54. The van der Waals surface area contributed by atoms with E-state index in [0.29, 0.717) is 37.3 Å². The number of aromatic nitrogens is 2. The molecule has 7 nitrogen and oxygen atoms in total. The van der Waals surface area contributed by atoms with Gasteiger partial charge in [0.2, 0.25) is 0 Å². The number of pyridine rings is 2. The molecule has 1 saturated heterocycles. The van der Waals surface area contributed by atoms with E-state index in [1.54, 1.807) is 12.3 Å². The van der Waals surface area contributed by atoms with Crippen LogP contribution in [0, 0.1) is 24.7 Å². The van der Waals surface area contributed by atoms with Crippen LogP contribution in [0.15, 0.2) is 48.8 Å². The molecule has 3 aliphatic rings. The third-order valence-corrected chi connectivity index (χ3v) is 8.18. The van der Waals surface area contributed by atoms with E-state index in [2.05, 4.69) is 16.4 Å². The molecule has 1 amide bonds. The van der Waals surface area contributed by atoms with Crippen LogP contribution < -0.4 is 10.2 Å². The fourth-order valence-electron chi connectivity index (χ4n) is 6.32. The SMILES string of the molecule is CCN1c2ncc(-c3cc(NC(=O)c4cccc(C(F)(F)F)c4)cnc3C)cc2[C@H]2[C@@H]3COC[C@@H]3[C@H]2C1O. The summed E-state index contributed by atoms with van der Waals surface area (Å²) in [6.07, 6.45) is -1.93. The highest BCUT2D eigenvalue weighted by Gasteiger charge is 2.60. The number of ether oxygens (including phenoxy) is 1. The number of fused-ring (bicyclic) bond motifs is 6. The predicted molar refractivity (Wildman–Crippen MR) is 135 cm³/mol.